The summed E-state index contributed by atoms with van der Waals surface area (Å²) in [7, 11) is 0. The smallest absolute Gasteiger partial charge is 0.291 e. The molecule has 3 aromatic rings. The van der Waals surface area contributed by atoms with Crippen LogP contribution < -0.4 is 5.32 Å². The zero-order valence-corrected chi connectivity index (χ0v) is 15.0. The third-order valence-electron chi connectivity index (χ3n) is 5.96. The maximum absolute atomic E-state index is 12.5. The van der Waals surface area contributed by atoms with E-state index in [4.69, 9.17) is 0 Å². The lowest BCUT2D eigenvalue weighted by Gasteiger charge is -2.11. The van der Waals surface area contributed by atoms with Gasteiger partial charge in [-0.05, 0) is 56.2 Å². The molecule has 2 aliphatic rings. The van der Waals surface area contributed by atoms with Crippen LogP contribution in [0.1, 0.15) is 46.0 Å². The van der Waals surface area contributed by atoms with E-state index >= 15 is 0 Å². The molecule has 5 rings (SSSR count). The summed E-state index contributed by atoms with van der Waals surface area (Å²) >= 11 is 0. The number of hydrogen-bond acceptors (Lipinski definition) is 4. The maximum Gasteiger partial charge on any atom is 0.291 e. The number of fused-ring (bicyclic) bond motifs is 3. The van der Waals surface area contributed by atoms with Gasteiger partial charge in [0.2, 0.25) is 5.82 Å². The van der Waals surface area contributed by atoms with Crippen molar-refractivity contribution in [3.63, 3.8) is 0 Å². The number of carbonyl (C=O) groups excluding carboxylic acids is 1. The van der Waals surface area contributed by atoms with Gasteiger partial charge in [0.15, 0.2) is 0 Å². The zero-order valence-electron chi connectivity index (χ0n) is 15.0. The Morgan fingerprint density at radius 2 is 2.15 bits per heavy atom. The van der Waals surface area contributed by atoms with Gasteiger partial charge >= 0.3 is 0 Å². The molecule has 0 unspecified atom stereocenters. The Kier molecular flexibility index (Phi) is 3.20. The molecule has 6 nitrogen and oxygen atoms in total. The summed E-state index contributed by atoms with van der Waals surface area (Å²) in [5.74, 6) is 0.947. The Hall–Kier alpha value is -2.76. The van der Waals surface area contributed by atoms with Crippen LogP contribution in [0.4, 0.5) is 0 Å². The van der Waals surface area contributed by atoms with Crippen molar-refractivity contribution in [2.75, 3.05) is 6.54 Å². The van der Waals surface area contributed by atoms with Crippen molar-refractivity contribution in [2.45, 2.75) is 38.5 Å². The molecule has 2 aliphatic carbocycles. The van der Waals surface area contributed by atoms with Crippen molar-refractivity contribution in [1.82, 2.24) is 24.9 Å². The van der Waals surface area contributed by atoms with Crippen molar-refractivity contribution in [1.29, 1.82) is 0 Å². The number of hydrogen-bond donors (Lipinski definition) is 1. The van der Waals surface area contributed by atoms with Crippen LogP contribution in [0.2, 0.25) is 0 Å². The summed E-state index contributed by atoms with van der Waals surface area (Å²) in [5, 5.41) is 7.34. The summed E-state index contributed by atoms with van der Waals surface area (Å²) in [4.78, 5) is 21.1. The van der Waals surface area contributed by atoms with Gasteiger partial charge < -0.3 is 5.32 Å². The molecule has 26 heavy (non-hydrogen) atoms. The van der Waals surface area contributed by atoms with Gasteiger partial charge in [-0.15, -0.1) is 5.10 Å². The van der Waals surface area contributed by atoms with Gasteiger partial charge in [-0.3, -0.25) is 4.79 Å². The second-order valence-electron chi connectivity index (χ2n) is 7.61. The second kappa shape index (κ2) is 5.37. The first-order chi connectivity index (χ1) is 12.6. The molecule has 1 fully saturated rings. The van der Waals surface area contributed by atoms with E-state index in [1.54, 1.807) is 4.52 Å². The highest BCUT2D eigenvalue weighted by Crippen LogP contribution is 2.61. The number of nitrogens with zero attached hydrogens (tertiary/aromatic N) is 4. The van der Waals surface area contributed by atoms with Crippen LogP contribution in [0.25, 0.3) is 5.78 Å². The Labute approximate surface area is 151 Å². The van der Waals surface area contributed by atoms with Crippen LogP contribution in [0.15, 0.2) is 30.3 Å². The standard InChI is InChI=1S/C20H21N5O/c1-12-9-13(2)25-19(22-12)23-17(24-25)18(26)21-11-15-10-20(15)8-7-14-5-3-4-6-16(14)20/h3-6,9,15H,7-8,10-11H2,1-2H3,(H,21,26)/t15-,20+/m0/s1. The van der Waals surface area contributed by atoms with Crippen LogP contribution in [0.5, 0.6) is 0 Å². The maximum atomic E-state index is 12.5. The number of benzene rings is 1. The molecule has 132 valence electrons. The Bertz CT molecular complexity index is 1040. The van der Waals surface area contributed by atoms with E-state index in [-0.39, 0.29) is 17.1 Å². The lowest BCUT2D eigenvalue weighted by molar-refractivity contribution is 0.0940. The minimum atomic E-state index is -0.221. The summed E-state index contributed by atoms with van der Waals surface area (Å²) in [5.41, 5.74) is 5.03. The van der Waals surface area contributed by atoms with Crippen molar-refractivity contribution in [2.24, 2.45) is 5.92 Å². The largest absolute Gasteiger partial charge is 0.349 e. The highest BCUT2D eigenvalue weighted by molar-refractivity contribution is 5.90. The lowest BCUT2D eigenvalue weighted by Crippen LogP contribution is -2.28. The fourth-order valence-corrected chi connectivity index (χ4v) is 4.56. The van der Waals surface area contributed by atoms with Gasteiger partial charge in [-0.1, -0.05) is 24.3 Å². The van der Waals surface area contributed by atoms with Gasteiger partial charge in [0, 0.05) is 23.3 Å². The molecule has 2 atom stereocenters. The first-order valence-corrected chi connectivity index (χ1v) is 9.14. The first kappa shape index (κ1) is 15.5. The Morgan fingerprint density at radius 1 is 1.31 bits per heavy atom. The van der Waals surface area contributed by atoms with Crippen LogP contribution in [-0.4, -0.2) is 32.0 Å². The highest BCUT2D eigenvalue weighted by atomic mass is 16.2. The predicted molar refractivity (Wildman–Crippen MR) is 97.1 cm³/mol. The van der Waals surface area contributed by atoms with Crippen molar-refractivity contribution < 1.29 is 4.79 Å². The highest BCUT2D eigenvalue weighted by Gasteiger charge is 2.57. The first-order valence-electron chi connectivity index (χ1n) is 9.14. The van der Waals surface area contributed by atoms with Gasteiger partial charge in [-0.2, -0.15) is 4.98 Å². The fourth-order valence-electron chi connectivity index (χ4n) is 4.56. The van der Waals surface area contributed by atoms with E-state index in [1.807, 2.05) is 19.9 Å². The van der Waals surface area contributed by atoms with Gasteiger partial charge in [0.05, 0.1) is 0 Å². The van der Waals surface area contributed by atoms with E-state index in [1.165, 1.54) is 17.5 Å². The molecular weight excluding hydrogens is 326 g/mol. The van der Waals surface area contributed by atoms with Crippen molar-refractivity contribution >= 4 is 11.7 Å². The number of amides is 1. The third kappa shape index (κ3) is 2.25. The minimum absolute atomic E-state index is 0.188. The van der Waals surface area contributed by atoms with Crippen LogP contribution in [0, 0.1) is 19.8 Å². The molecule has 6 heteroatoms. The Morgan fingerprint density at radius 3 is 3.04 bits per heavy atom. The molecule has 2 aromatic heterocycles. The number of rotatable bonds is 3. The molecule has 1 amide bonds. The molecule has 1 saturated carbocycles. The summed E-state index contributed by atoms with van der Waals surface area (Å²) in [6, 6.07) is 10.6. The third-order valence-corrected chi connectivity index (χ3v) is 5.96. The van der Waals surface area contributed by atoms with Crippen molar-refractivity contribution in [3.8, 4) is 0 Å². The Balaban J connectivity index is 1.30. The topological polar surface area (TPSA) is 72.2 Å². The van der Waals surface area contributed by atoms with Gasteiger partial charge in [0.25, 0.3) is 11.7 Å². The summed E-state index contributed by atoms with van der Waals surface area (Å²) in [6.45, 7) is 4.52. The molecule has 0 saturated heterocycles. The van der Waals surface area contributed by atoms with E-state index in [2.05, 4.69) is 44.6 Å². The molecule has 1 spiro atoms. The lowest BCUT2D eigenvalue weighted by atomic mass is 9.95. The second-order valence-corrected chi connectivity index (χ2v) is 7.61. The quantitative estimate of drug-likeness (QED) is 0.789. The molecule has 1 aromatic carbocycles. The number of carbonyl (C=O) groups is 1. The SMILES string of the molecule is Cc1cc(C)n2nc(C(=O)NC[C@@H]3C[C@]34CCc3ccccc34)nc2n1. The molecular formula is C20H21N5O. The molecule has 0 aliphatic heterocycles. The van der Waals surface area contributed by atoms with E-state index in [0.717, 1.165) is 24.2 Å². The number of aromatic nitrogens is 4. The fraction of sp³-hybridized carbons (Fsp3) is 0.400. The number of aryl methyl sites for hydroxylation is 3. The van der Waals surface area contributed by atoms with Gasteiger partial charge in [0.1, 0.15) is 0 Å². The van der Waals surface area contributed by atoms with E-state index in [9.17, 15) is 4.79 Å². The minimum Gasteiger partial charge on any atom is -0.349 e. The average molecular weight is 347 g/mol. The van der Waals surface area contributed by atoms with Crippen LogP contribution in [-0.2, 0) is 11.8 Å². The van der Waals surface area contributed by atoms with Crippen LogP contribution in [0.3, 0.4) is 0 Å². The zero-order chi connectivity index (χ0) is 17.9. The molecule has 0 radical (unpaired) electrons. The van der Waals surface area contributed by atoms with E-state index < -0.39 is 0 Å². The average Bonchev–Trinajstić information content (AvgIpc) is 2.96. The van der Waals surface area contributed by atoms with Crippen molar-refractivity contribution in [3.05, 3.63) is 58.7 Å². The van der Waals surface area contributed by atoms with E-state index in [0.29, 0.717) is 18.2 Å². The summed E-state index contributed by atoms with van der Waals surface area (Å²) in [6.07, 6.45) is 3.50. The van der Waals surface area contributed by atoms with Gasteiger partial charge in [-0.25, -0.2) is 9.50 Å². The molecule has 0 bridgehead atoms. The predicted octanol–water partition coefficient (Wildman–Crippen LogP) is 2.38. The number of nitrogens with one attached hydrogen (secondary N) is 1. The van der Waals surface area contributed by atoms with Crippen LogP contribution >= 0.6 is 0 Å². The monoisotopic (exact) mass is 347 g/mol. The molecule has 1 N–H and O–H groups in total. The normalized spacial score (nSPS) is 23.4. The molecule has 2 heterocycles. The summed E-state index contributed by atoms with van der Waals surface area (Å²) < 4.78 is 1.62.